The van der Waals surface area contributed by atoms with E-state index in [1.807, 2.05) is 13.8 Å². The Morgan fingerprint density at radius 2 is 2.18 bits per heavy atom. The van der Waals surface area contributed by atoms with Crippen LogP contribution < -0.4 is 11.1 Å². The maximum absolute atomic E-state index is 12.9. The average Bonchev–Trinajstić information content (AvgIpc) is 2.28. The van der Waals surface area contributed by atoms with Gasteiger partial charge < -0.3 is 11.1 Å². The summed E-state index contributed by atoms with van der Waals surface area (Å²) in [5.41, 5.74) is 5.88. The van der Waals surface area contributed by atoms with Crippen molar-refractivity contribution in [2.75, 3.05) is 6.54 Å². The minimum Gasteiger partial charge on any atom is -0.348 e. The first kappa shape index (κ1) is 13.9. The number of carbonyl (C=O) groups excluding carboxylic acids is 1. The molecule has 0 fully saturated rings. The lowest BCUT2D eigenvalue weighted by Crippen LogP contribution is -2.43. The zero-order chi connectivity index (χ0) is 13.0. The van der Waals surface area contributed by atoms with E-state index in [9.17, 15) is 9.18 Å². The molecule has 94 valence electrons. The third-order valence-electron chi connectivity index (χ3n) is 2.56. The molecule has 0 aliphatic rings. The summed E-state index contributed by atoms with van der Waals surface area (Å²) < 4.78 is 12.9. The van der Waals surface area contributed by atoms with Crippen LogP contribution in [0.2, 0.25) is 5.02 Å². The van der Waals surface area contributed by atoms with Gasteiger partial charge in [0, 0.05) is 18.2 Å². The number of nitrogens with two attached hydrogens (primary N) is 1. The number of hydrogen-bond donors (Lipinski definition) is 2. The first-order chi connectivity index (χ1) is 7.95. The Morgan fingerprint density at radius 1 is 1.53 bits per heavy atom. The Hall–Kier alpha value is -1.13. The van der Waals surface area contributed by atoms with Crippen molar-refractivity contribution in [3.05, 3.63) is 34.6 Å². The molecule has 1 aromatic rings. The summed E-state index contributed by atoms with van der Waals surface area (Å²) in [5, 5.41) is 2.72. The number of amides is 1. The van der Waals surface area contributed by atoms with Crippen LogP contribution in [0.4, 0.5) is 4.39 Å². The Kier molecular flexibility index (Phi) is 4.90. The van der Waals surface area contributed by atoms with Gasteiger partial charge in [0.05, 0.1) is 5.02 Å². The lowest BCUT2D eigenvalue weighted by Gasteiger charge is -2.20. The van der Waals surface area contributed by atoms with Crippen LogP contribution in [-0.4, -0.2) is 18.5 Å². The van der Waals surface area contributed by atoms with Crippen LogP contribution in [0.25, 0.3) is 0 Å². The van der Waals surface area contributed by atoms with Crippen molar-refractivity contribution in [2.24, 2.45) is 11.7 Å². The van der Waals surface area contributed by atoms with Crippen LogP contribution in [-0.2, 0) is 0 Å². The summed E-state index contributed by atoms with van der Waals surface area (Å²) in [6.07, 6.45) is 0. The number of rotatable bonds is 4. The second-order valence-electron chi connectivity index (χ2n) is 4.19. The van der Waals surface area contributed by atoms with Crippen LogP contribution >= 0.6 is 11.6 Å². The number of halogens is 2. The van der Waals surface area contributed by atoms with E-state index in [0.717, 1.165) is 0 Å². The monoisotopic (exact) mass is 258 g/mol. The molecule has 0 saturated heterocycles. The number of hydrogen-bond acceptors (Lipinski definition) is 2. The van der Waals surface area contributed by atoms with Crippen molar-refractivity contribution in [1.82, 2.24) is 5.32 Å². The summed E-state index contributed by atoms with van der Waals surface area (Å²) in [4.78, 5) is 11.8. The van der Waals surface area contributed by atoms with Gasteiger partial charge >= 0.3 is 0 Å². The average molecular weight is 259 g/mol. The van der Waals surface area contributed by atoms with Crippen LogP contribution in [0.15, 0.2) is 18.2 Å². The van der Waals surface area contributed by atoms with Crippen LogP contribution in [0, 0.1) is 11.7 Å². The van der Waals surface area contributed by atoms with Gasteiger partial charge in [-0.05, 0) is 24.1 Å². The van der Waals surface area contributed by atoms with E-state index in [1.165, 1.54) is 18.2 Å². The third kappa shape index (κ3) is 3.68. The topological polar surface area (TPSA) is 55.1 Å². The highest BCUT2D eigenvalue weighted by atomic mass is 35.5. The number of benzene rings is 1. The fourth-order valence-electron chi connectivity index (χ4n) is 1.39. The van der Waals surface area contributed by atoms with Gasteiger partial charge in [0.1, 0.15) is 5.82 Å². The van der Waals surface area contributed by atoms with Crippen molar-refractivity contribution in [1.29, 1.82) is 0 Å². The van der Waals surface area contributed by atoms with Gasteiger partial charge in [-0.1, -0.05) is 25.4 Å². The molecule has 1 atom stereocenters. The maximum Gasteiger partial charge on any atom is 0.251 e. The predicted molar refractivity (Wildman–Crippen MR) is 66.6 cm³/mol. The Bertz CT molecular complexity index is 409. The van der Waals surface area contributed by atoms with E-state index in [1.54, 1.807) is 0 Å². The fraction of sp³-hybridized carbons (Fsp3) is 0.417. The van der Waals surface area contributed by atoms with Crippen molar-refractivity contribution in [3.63, 3.8) is 0 Å². The van der Waals surface area contributed by atoms with Gasteiger partial charge in [-0.15, -0.1) is 0 Å². The largest absolute Gasteiger partial charge is 0.348 e. The lowest BCUT2D eigenvalue weighted by atomic mass is 10.0. The molecule has 0 aromatic heterocycles. The predicted octanol–water partition coefficient (Wildman–Crippen LogP) is 2.19. The first-order valence-corrected chi connectivity index (χ1v) is 5.79. The van der Waals surface area contributed by atoms with E-state index in [0.29, 0.717) is 12.1 Å². The normalized spacial score (nSPS) is 12.6. The smallest absolute Gasteiger partial charge is 0.251 e. The second-order valence-corrected chi connectivity index (χ2v) is 4.60. The van der Waals surface area contributed by atoms with Gasteiger partial charge in [0.2, 0.25) is 0 Å². The van der Waals surface area contributed by atoms with Crippen molar-refractivity contribution in [2.45, 2.75) is 19.9 Å². The van der Waals surface area contributed by atoms with E-state index in [2.05, 4.69) is 5.32 Å². The van der Waals surface area contributed by atoms with E-state index in [-0.39, 0.29) is 22.9 Å². The Balaban J connectivity index is 2.79. The van der Waals surface area contributed by atoms with Crippen LogP contribution in [0.5, 0.6) is 0 Å². The molecule has 0 aliphatic carbocycles. The lowest BCUT2D eigenvalue weighted by molar-refractivity contribution is 0.0927. The van der Waals surface area contributed by atoms with Crippen molar-refractivity contribution < 1.29 is 9.18 Å². The minimum absolute atomic E-state index is 0.0634. The molecule has 0 radical (unpaired) electrons. The molecule has 17 heavy (non-hydrogen) atoms. The quantitative estimate of drug-likeness (QED) is 0.870. The molecule has 0 spiro atoms. The fourth-order valence-corrected chi connectivity index (χ4v) is 1.57. The summed E-state index contributed by atoms with van der Waals surface area (Å²) >= 11 is 5.61. The molecule has 5 heteroatoms. The first-order valence-electron chi connectivity index (χ1n) is 5.41. The third-order valence-corrected chi connectivity index (χ3v) is 2.85. The molecule has 0 saturated carbocycles. The molecular weight excluding hydrogens is 243 g/mol. The van der Waals surface area contributed by atoms with Gasteiger partial charge in [-0.25, -0.2) is 4.39 Å². The molecule has 1 unspecified atom stereocenters. The second kappa shape index (κ2) is 5.98. The molecule has 1 amide bonds. The zero-order valence-electron chi connectivity index (χ0n) is 9.84. The maximum atomic E-state index is 12.9. The zero-order valence-corrected chi connectivity index (χ0v) is 10.6. The highest BCUT2D eigenvalue weighted by Gasteiger charge is 2.16. The van der Waals surface area contributed by atoms with Gasteiger partial charge in [0.25, 0.3) is 5.91 Å². The number of nitrogens with one attached hydrogen (secondary N) is 1. The van der Waals surface area contributed by atoms with Gasteiger partial charge in [0.15, 0.2) is 0 Å². The molecular formula is C12H16ClFN2O. The standard InChI is InChI=1S/C12H16ClFN2O/c1-7(2)11(6-15)16-12(17)8-3-4-10(14)9(13)5-8/h3-5,7,11H,6,15H2,1-2H3,(H,16,17). The minimum atomic E-state index is -0.539. The highest BCUT2D eigenvalue weighted by Crippen LogP contribution is 2.16. The molecule has 0 aliphatic heterocycles. The summed E-state index contributed by atoms with van der Waals surface area (Å²) in [6.45, 7) is 4.29. The molecule has 0 bridgehead atoms. The Morgan fingerprint density at radius 3 is 2.65 bits per heavy atom. The molecule has 1 aromatic carbocycles. The molecule has 1 rings (SSSR count). The van der Waals surface area contributed by atoms with E-state index >= 15 is 0 Å². The summed E-state index contributed by atoms with van der Waals surface area (Å²) in [5.74, 6) is -0.599. The molecule has 0 heterocycles. The highest BCUT2D eigenvalue weighted by molar-refractivity contribution is 6.31. The molecule has 3 nitrogen and oxygen atoms in total. The van der Waals surface area contributed by atoms with E-state index in [4.69, 9.17) is 17.3 Å². The van der Waals surface area contributed by atoms with E-state index < -0.39 is 5.82 Å². The SMILES string of the molecule is CC(C)C(CN)NC(=O)c1ccc(F)c(Cl)c1. The van der Waals surface area contributed by atoms with Crippen molar-refractivity contribution in [3.8, 4) is 0 Å². The molecule has 3 N–H and O–H groups in total. The van der Waals surface area contributed by atoms with Crippen LogP contribution in [0.1, 0.15) is 24.2 Å². The summed E-state index contributed by atoms with van der Waals surface area (Å²) in [6, 6.07) is 3.76. The van der Waals surface area contributed by atoms with Crippen molar-refractivity contribution >= 4 is 17.5 Å². The Labute approximate surface area is 105 Å². The van der Waals surface area contributed by atoms with Gasteiger partial charge in [-0.2, -0.15) is 0 Å². The summed E-state index contributed by atoms with van der Waals surface area (Å²) in [7, 11) is 0. The van der Waals surface area contributed by atoms with Gasteiger partial charge in [-0.3, -0.25) is 4.79 Å². The number of carbonyl (C=O) groups is 1. The van der Waals surface area contributed by atoms with Crippen LogP contribution in [0.3, 0.4) is 0 Å².